The summed E-state index contributed by atoms with van der Waals surface area (Å²) in [5, 5.41) is 28.6. The molecule has 0 bridgehead atoms. The highest BCUT2D eigenvalue weighted by Crippen LogP contribution is 2.36. The van der Waals surface area contributed by atoms with E-state index < -0.39 is 54.6 Å². The first kappa shape index (κ1) is 14.8. The molecule has 1 unspecified atom stereocenters. The van der Waals surface area contributed by atoms with Crippen LogP contribution in [0.3, 0.4) is 0 Å². The van der Waals surface area contributed by atoms with Crippen LogP contribution in [-0.4, -0.2) is 56.0 Å². The van der Waals surface area contributed by atoms with Gasteiger partial charge in [-0.15, -0.1) is 0 Å². The van der Waals surface area contributed by atoms with E-state index in [9.17, 15) is 23.8 Å². The number of hydrogen-bond acceptors (Lipinski definition) is 7. The van der Waals surface area contributed by atoms with Crippen molar-refractivity contribution in [1.29, 1.82) is 0 Å². The van der Waals surface area contributed by atoms with Crippen molar-refractivity contribution >= 4 is 5.82 Å². The maximum absolute atomic E-state index is 13.3. The van der Waals surface area contributed by atoms with Gasteiger partial charge in [0.2, 0.25) is 0 Å². The van der Waals surface area contributed by atoms with Gasteiger partial charge in [0.1, 0.15) is 18.9 Å². The van der Waals surface area contributed by atoms with Crippen LogP contribution in [-0.2, 0) is 4.74 Å². The zero-order valence-corrected chi connectivity index (χ0v) is 10.1. The molecule has 1 fully saturated rings. The lowest BCUT2D eigenvalue weighted by Gasteiger charge is -2.26. The lowest BCUT2D eigenvalue weighted by atomic mass is 9.98. The molecule has 0 amide bonds. The van der Waals surface area contributed by atoms with Gasteiger partial charge >= 0.3 is 5.69 Å². The fourth-order valence-corrected chi connectivity index (χ4v) is 1.99. The summed E-state index contributed by atoms with van der Waals surface area (Å²) in [5.74, 6) is -1.69. The summed E-state index contributed by atoms with van der Waals surface area (Å²) < 4.78 is 31.8. The van der Waals surface area contributed by atoms with Gasteiger partial charge in [0.15, 0.2) is 23.5 Å². The summed E-state index contributed by atoms with van der Waals surface area (Å²) in [6, 6.07) is 0. The molecule has 0 spiro atoms. The minimum Gasteiger partial charge on any atom is -0.393 e. The molecule has 5 N–H and O–H groups in total. The number of aromatic nitrogens is 2. The number of nitrogens with two attached hydrogens (primary N) is 1. The summed E-state index contributed by atoms with van der Waals surface area (Å²) in [4.78, 5) is 14.8. The van der Waals surface area contributed by atoms with Crippen LogP contribution in [0.2, 0.25) is 0 Å². The van der Waals surface area contributed by atoms with Crippen molar-refractivity contribution in [2.45, 2.75) is 24.0 Å². The molecule has 1 aromatic rings. The molecular weight excluding hydrogens is 280 g/mol. The van der Waals surface area contributed by atoms with Crippen molar-refractivity contribution in [2.75, 3.05) is 19.0 Å². The standard InChI is InChI=1S/C10H13F2N3O5/c11-2-10(3-16)6(18)5(17)8(20-10)15-1-4(12)7(13)14-9(15)19/h1,5-6,8,16-18H,2-3H2,(H2,13,14,19)/t5-,6-,8?,10+/m0/s1. The summed E-state index contributed by atoms with van der Waals surface area (Å²) >= 11 is 0. The second-order valence-corrected chi connectivity index (χ2v) is 4.46. The molecule has 1 saturated heterocycles. The maximum atomic E-state index is 13.3. The number of nitrogens with zero attached hydrogens (tertiary/aromatic N) is 2. The van der Waals surface area contributed by atoms with E-state index in [0.717, 1.165) is 0 Å². The highest BCUT2D eigenvalue weighted by atomic mass is 19.1. The van der Waals surface area contributed by atoms with Crippen LogP contribution in [0.5, 0.6) is 0 Å². The highest BCUT2D eigenvalue weighted by Gasteiger charge is 2.55. The van der Waals surface area contributed by atoms with Crippen molar-refractivity contribution < 1.29 is 28.8 Å². The van der Waals surface area contributed by atoms with Gasteiger partial charge in [-0.25, -0.2) is 13.6 Å². The van der Waals surface area contributed by atoms with E-state index in [0.29, 0.717) is 10.8 Å². The van der Waals surface area contributed by atoms with Crippen molar-refractivity contribution in [2.24, 2.45) is 0 Å². The molecule has 8 nitrogen and oxygen atoms in total. The van der Waals surface area contributed by atoms with Crippen LogP contribution < -0.4 is 11.4 Å². The number of aliphatic hydroxyl groups excluding tert-OH is 3. The minimum absolute atomic E-state index is 0.534. The molecule has 0 radical (unpaired) electrons. The number of anilines is 1. The molecule has 1 aliphatic heterocycles. The number of ether oxygens (including phenoxy) is 1. The second-order valence-electron chi connectivity index (χ2n) is 4.46. The Balaban J connectivity index is 2.45. The van der Waals surface area contributed by atoms with Crippen LogP contribution in [0.25, 0.3) is 0 Å². The Morgan fingerprint density at radius 1 is 1.55 bits per heavy atom. The Labute approximate surface area is 111 Å². The fraction of sp³-hybridized carbons (Fsp3) is 0.600. The topological polar surface area (TPSA) is 131 Å². The van der Waals surface area contributed by atoms with Crippen LogP contribution in [0, 0.1) is 5.82 Å². The average molecular weight is 293 g/mol. The Bertz CT molecular complexity index is 562. The van der Waals surface area contributed by atoms with Crippen LogP contribution >= 0.6 is 0 Å². The Hall–Kier alpha value is -1.62. The molecule has 112 valence electrons. The molecule has 4 atom stereocenters. The molecule has 1 aliphatic rings. The van der Waals surface area contributed by atoms with Gasteiger partial charge in [-0.3, -0.25) is 4.57 Å². The number of hydrogen-bond donors (Lipinski definition) is 4. The molecule has 0 aliphatic carbocycles. The Morgan fingerprint density at radius 3 is 2.70 bits per heavy atom. The zero-order valence-electron chi connectivity index (χ0n) is 10.1. The molecule has 2 heterocycles. The maximum Gasteiger partial charge on any atom is 0.351 e. The molecule has 0 aromatic carbocycles. The quantitative estimate of drug-likeness (QED) is 0.503. The van der Waals surface area contributed by atoms with Gasteiger partial charge in [0.05, 0.1) is 12.8 Å². The lowest BCUT2D eigenvalue weighted by Crippen LogP contribution is -2.48. The van der Waals surface area contributed by atoms with Gasteiger partial charge in [0, 0.05) is 0 Å². The lowest BCUT2D eigenvalue weighted by molar-refractivity contribution is -0.138. The molecule has 0 saturated carbocycles. The van der Waals surface area contributed by atoms with Crippen molar-refractivity contribution in [1.82, 2.24) is 9.55 Å². The number of alkyl halides is 1. The summed E-state index contributed by atoms with van der Waals surface area (Å²) in [6.07, 6.45) is -4.52. The van der Waals surface area contributed by atoms with Crippen molar-refractivity contribution in [3.63, 3.8) is 0 Å². The Morgan fingerprint density at radius 2 is 2.20 bits per heavy atom. The number of rotatable bonds is 3. The van der Waals surface area contributed by atoms with Crippen molar-refractivity contribution in [3.8, 4) is 0 Å². The van der Waals surface area contributed by atoms with E-state index in [-0.39, 0.29) is 0 Å². The minimum atomic E-state index is -2.08. The number of halogens is 2. The third-order valence-electron chi connectivity index (χ3n) is 3.21. The zero-order chi connectivity index (χ0) is 15.1. The van der Waals surface area contributed by atoms with E-state index in [2.05, 4.69) is 4.98 Å². The predicted molar refractivity (Wildman–Crippen MR) is 60.8 cm³/mol. The number of nitrogen functional groups attached to an aromatic ring is 1. The van der Waals surface area contributed by atoms with Gasteiger partial charge < -0.3 is 25.8 Å². The third-order valence-corrected chi connectivity index (χ3v) is 3.21. The average Bonchev–Trinajstić information content (AvgIpc) is 2.68. The summed E-state index contributed by atoms with van der Waals surface area (Å²) in [5.41, 5.74) is 1.97. The van der Waals surface area contributed by atoms with Gasteiger partial charge in [-0.2, -0.15) is 4.98 Å². The summed E-state index contributed by atoms with van der Waals surface area (Å²) in [7, 11) is 0. The van der Waals surface area contributed by atoms with E-state index in [1.54, 1.807) is 0 Å². The SMILES string of the molecule is Nc1nc(=O)n(C2O[C@@](CO)(CF)[C@@H](O)[C@@H]2O)cc1F. The van der Waals surface area contributed by atoms with E-state index in [1.807, 2.05) is 0 Å². The van der Waals surface area contributed by atoms with Gasteiger partial charge in [-0.1, -0.05) is 0 Å². The van der Waals surface area contributed by atoms with E-state index in [4.69, 9.17) is 15.6 Å². The first-order chi connectivity index (χ1) is 9.36. The highest BCUT2D eigenvalue weighted by molar-refractivity contribution is 5.26. The van der Waals surface area contributed by atoms with Gasteiger partial charge in [-0.05, 0) is 0 Å². The summed E-state index contributed by atoms with van der Waals surface area (Å²) in [6.45, 7) is -2.24. The predicted octanol–water partition coefficient (Wildman–Crippen LogP) is -2.08. The normalized spacial score (nSPS) is 33.5. The molecule has 10 heteroatoms. The largest absolute Gasteiger partial charge is 0.393 e. The molecule has 20 heavy (non-hydrogen) atoms. The van der Waals surface area contributed by atoms with Crippen LogP contribution in [0.1, 0.15) is 6.23 Å². The second kappa shape index (κ2) is 5.05. The van der Waals surface area contributed by atoms with Crippen LogP contribution in [0.4, 0.5) is 14.6 Å². The van der Waals surface area contributed by atoms with E-state index >= 15 is 0 Å². The monoisotopic (exact) mass is 293 g/mol. The molecular formula is C10H13F2N3O5. The molecule has 2 rings (SSSR count). The fourth-order valence-electron chi connectivity index (χ4n) is 1.99. The Kier molecular flexibility index (Phi) is 3.73. The van der Waals surface area contributed by atoms with Gasteiger partial charge in [0.25, 0.3) is 0 Å². The van der Waals surface area contributed by atoms with E-state index in [1.165, 1.54) is 0 Å². The van der Waals surface area contributed by atoms with Crippen molar-refractivity contribution in [3.05, 3.63) is 22.5 Å². The first-order valence-corrected chi connectivity index (χ1v) is 5.61. The molecule has 1 aromatic heterocycles. The van der Waals surface area contributed by atoms with Crippen LogP contribution in [0.15, 0.2) is 11.0 Å². The number of aliphatic hydroxyl groups is 3. The smallest absolute Gasteiger partial charge is 0.351 e. The first-order valence-electron chi connectivity index (χ1n) is 5.61. The third kappa shape index (κ3) is 2.06.